The summed E-state index contributed by atoms with van der Waals surface area (Å²) in [6, 6.07) is 2.05. The quantitative estimate of drug-likeness (QED) is 0.862. The second kappa shape index (κ2) is 6.12. The molecule has 1 atom stereocenters. The lowest BCUT2D eigenvalue weighted by molar-refractivity contribution is -0.137. The summed E-state index contributed by atoms with van der Waals surface area (Å²) in [4.78, 5) is -0.674. The zero-order valence-corrected chi connectivity index (χ0v) is 12.9. The average molecular weight is 346 g/mol. The number of hydrogen-bond donors (Lipinski definition) is 2. The summed E-state index contributed by atoms with van der Waals surface area (Å²) in [5.74, 6) is 0. The van der Waals surface area contributed by atoms with Crippen molar-refractivity contribution in [2.45, 2.75) is 36.9 Å². The van der Waals surface area contributed by atoms with Gasteiger partial charge in [-0.2, -0.15) is 13.2 Å². The molecule has 1 aromatic carbocycles. The second-order valence-electron chi connectivity index (χ2n) is 4.82. The summed E-state index contributed by atoms with van der Waals surface area (Å²) in [5, 5.41) is 8.88. The number of halogens is 4. The number of hydrogen-bond acceptors (Lipinski definition) is 3. The third-order valence-electron chi connectivity index (χ3n) is 3.06. The van der Waals surface area contributed by atoms with Gasteiger partial charge in [0.2, 0.25) is 10.0 Å². The van der Waals surface area contributed by atoms with E-state index in [1.165, 1.54) is 6.92 Å². The first-order chi connectivity index (χ1) is 9.45. The van der Waals surface area contributed by atoms with Crippen molar-refractivity contribution in [2.24, 2.45) is 0 Å². The highest BCUT2D eigenvalue weighted by molar-refractivity contribution is 7.89. The van der Waals surface area contributed by atoms with Gasteiger partial charge in [-0.05, 0) is 31.5 Å². The Morgan fingerprint density at radius 1 is 1.33 bits per heavy atom. The van der Waals surface area contributed by atoms with Gasteiger partial charge >= 0.3 is 6.18 Å². The van der Waals surface area contributed by atoms with Gasteiger partial charge in [-0.1, -0.05) is 18.5 Å². The molecule has 0 heterocycles. The van der Waals surface area contributed by atoms with Crippen molar-refractivity contribution in [3.63, 3.8) is 0 Å². The van der Waals surface area contributed by atoms with Crippen LogP contribution in [0.5, 0.6) is 0 Å². The molecular weight excluding hydrogens is 331 g/mol. The van der Waals surface area contributed by atoms with Crippen LogP contribution in [0.2, 0.25) is 5.02 Å². The van der Waals surface area contributed by atoms with Gasteiger partial charge in [-0.25, -0.2) is 13.1 Å². The number of benzene rings is 1. The maximum absolute atomic E-state index is 12.7. The lowest BCUT2D eigenvalue weighted by atomic mass is 10.0. The van der Waals surface area contributed by atoms with Crippen LogP contribution in [0.3, 0.4) is 0 Å². The van der Waals surface area contributed by atoms with E-state index in [4.69, 9.17) is 11.6 Å². The molecule has 0 fully saturated rings. The van der Waals surface area contributed by atoms with E-state index >= 15 is 0 Å². The van der Waals surface area contributed by atoms with E-state index in [0.717, 1.165) is 6.07 Å². The van der Waals surface area contributed by atoms with Crippen LogP contribution in [0, 0.1) is 0 Å². The van der Waals surface area contributed by atoms with Gasteiger partial charge < -0.3 is 5.11 Å². The average Bonchev–Trinajstić information content (AvgIpc) is 2.37. The zero-order chi connectivity index (χ0) is 16.5. The lowest BCUT2D eigenvalue weighted by Gasteiger charge is -2.27. The molecule has 120 valence electrons. The Balaban J connectivity index is 3.32. The smallest absolute Gasteiger partial charge is 0.394 e. The first-order valence-electron chi connectivity index (χ1n) is 5.97. The fourth-order valence-electron chi connectivity index (χ4n) is 1.48. The van der Waals surface area contributed by atoms with E-state index in [0.29, 0.717) is 12.1 Å². The van der Waals surface area contributed by atoms with Crippen molar-refractivity contribution < 1.29 is 26.7 Å². The Hall–Kier alpha value is -0.830. The number of sulfonamides is 1. The number of nitrogens with one attached hydrogen (secondary N) is 1. The summed E-state index contributed by atoms with van der Waals surface area (Å²) in [5.41, 5.74) is -2.30. The van der Waals surface area contributed by atoms with Gasteiger partial charge in [-0.15, -0.1) is 0 Å². The van der Waals surface area contributed by atoms with Crippen molar-refractivity contribution in [1.29, 1.82) is 0 Å². The van der Waals surface area contributed by atoms with E-state index < -0.39 is 38.8 Å². The fraction of sp³-hybridized carbons (Fsp3) is 0.500. The second-order valence-corrected chi connectivity index (χ2v) is 6.88. The Labute approximate surface area is 126 Å². The molecule has 0 spiro atoms. The standard InChI is InChI=1S/C12H15ClF3NO3S/c1-3-11(2,7-18)17-21(19,20)10-6-8(12(14,15)16)4-5-9(10)13/h4-6,17-18H,3,7H2,1-2H3. The molecule has 1 unspecified atom stereocenters. The van der Waals surface area contributed by atoms with Crippen molar-refractivity contribution >= 4 is 21.6 Å². The van der Waals surface area contributed by atoms with Crippen molar-refractivity contribution in [2.75, 3.05) is 6.61 Å². The highest BCUT2D eigenvalue weighted by atomic mass is 35.5. The molecular formula is C12H15ClF3NO3S. The Kier molecular flexibility index (Phi) is 5.31. The molecule has 2 N–H and O–H groups in total. The highest BCUT2D eigenvalue weighted by Gasteiger charge is 2.34. The van der Waals surface area contributed by atoms with Crippen LogP contribution in [0.4, 0.5) is 13.2 Å². The zero-order valence-electron chi connectivity index (χ0n) is 11.3. The fourth-order valence-corrected chi connectivity index (χ4v) is 3.48. The van der Waals surface area contributed by atoms with E-state index in [1.54, 1.807) is 6.92 Å². The van der Waals surface area contributed by atoms with Crippen LogP contribution in [0.1, 0.15) is 25.8 Å². The number of aliphatic hydroxyl groups is 1. The van der Waals surface area contributed by atoms with Gasteiger partial charge in [0, 0.05) is 0 Å². The van der Waals surface area contributed by atoms with Gasteiger partial charge in [0.15, 0.2) is 0 Å². The topological polar surface area (TPSA) is 66.4 Å². The molecule has 0 saturated heterocycles. The molecule has 0 aromatic heterocycles. The molecule has 1 aromatic rings. The monoisotopic (exact) mass is 345 g/mol. The minimum atomic E-state index is -4.68. The highest BCUT2D eigenvalue weighted by Crippen LogP contribution is 2.33. The minimum Gasteiger partial charge on any atom is -0.394 e. The van der Waals surface area contributed by atoms with E-state index in [-0.39, 0.29) is 11.4 Å². The van der Waals surface area contributed by atoms with Crippen LogP contribution in [0.25, 0.3) is 0 Å². The third-order valence-corrected chi connectivity index (χ3v) is 5.18. The molecule has 9 heteroatoms. The molecule has 1 rings (SSSR count). The summed E-state index contributed by atoms with van der Waals surface area (Å²) >= 11 is 5.70. The van der Waals surface area contributed by atoms with E-state index in [1.807, 2.05) is 0 Å². The molecule has 0 bridgehead atoms. The molecule has 4 nitrogen and oxygen atoms in total. The summed E-state index contributed by atoms with van der Waals surface area (Å²) in [7, 11) is -4.30. The van der Waals surface area contributed by atoms with Crippen LogP contribution in [-0.2, 0) is 16.2 Å². The Morgan fingerprint density at radius 2 is 1.90 bits per heavy atom. The van der Waals surface area contributed by atoms with Crippen molar-refractivity contribution in [3.8, 4) is 0 Å². The van der Waals surface area contributed by atoms with Gasteiger partial charge in [-0.3, -0.25) is 0 Å². The van der Waals surface area contributed by atoms with Gasteiger partial charge in [0.25, 0.3) is 0 Å². The Bertz CT molecular complexity index is 613. The van der Waals surface area contributed by atoms with Gasteiger partial charge in [0.1, 0.15) is 4.90 Å². The van der Waals surface area contributed by atoms with Crippen LogP contribution >= 0.6 is 11.6 Å². The summed E-state index contributed by atoms with van der Waals surface area (Å²) in [6.45, 7) is 2.57. The first-order valence-corrected chi connectivity index (χ1v) is 7.83. The maximum Gasteiger partial charge on any atom is 0.416 e. The molecule has 0 aliphatic carbocycles. The van der Waals surface area contributed by atoms with E-state index in [9.17, 15) is 26.7 Å². The normalized spacial score (nSPS) is 15.8. The maximum atomic E-state index is 12.7. The van der Waals surface area contributed by atoms with Crippen LogP contribution in [0.15, 0.2) is 23.1 Å². The SMILES string of the molecule is CCC(C)(CO)NS(=O)(=O)c1cc(C(F)(F)F)ccc1Cl. The molecule has 0 aliphatic heterocycles. The first kappa shape index (κ1) is 18.2. The molecule has 0 saturated carbocycles. The van der Waals surface area contributed by atoms with Crippen LogP contribution in [-0.4, -0.2) is 25.7 Å². The predicted octanol–water partition coefficient (Wildman–Crippen LogP) is 2.80. The molecule has 21 heavy (non-hydrogen) atoms. The summed E-state index contributed by atoms with van der Waals surface area (Å²) in [6.07, 6.45) is -4.43. The molecule has 0 aliphatic rings. The third kappa shape index (κ3) is 4.32. The number of rotatable bonds is 5. The lowest BCUT2D eigenvalue weighted by Crippen LogP contribution is -2.48. The van der Waals surface area contributed by atoms with E-state index in [2.05, 4.69) is 4.72 Å². The number of aliphatic hydroxyl groups excluding tert-OH is 1. The minimum absolute atomic E-state index is 0.249. The largest absolute Gasteiger partial charge is 0.416 e. The van der Waals surface area contributed by atoms with Crippen LogP contribution < -0.4 is 4.72 Å². The van der Waals surface area contributed by atoms with Crippen molar-refractivity contribution in [1.82, 2.24) is 4.72 Å². The molecule has 0 amide bonds. The predicted molar refractivity (Wildman–Crippen MR) is 72.6 cm³/mol. The summed E-state index contributed by atoms with van der Waals surface area (Å²) < 4.78 is 64.5. The number of alkyl halides is 3. The Morgan fingerprint density at radius 3 is 2.33 bits per heavy atom. The van der Waals surface area contributed by atoms with Crippen molar-refractivity contribution in [3.05, 3.63) is 28.8 Å². The molecule has 0 radical (unpaired) electrons. The van der Waals surface area contributed by atoms with Gasteiger partial charge in [0.05, 0.1) is 22.7 Å².